The Morgan fingerprint density at radius 1 is 1.05 bits per heavy atom. The van der Waals surface area contributed by atoms with E-state index in [1.54, 1.807) is 24.3 Å². The maximum Gasteiger partial charge on any atom is 0.338 e. The molecule has 3 heteroatoms. The average molecular weight is 270 g/mol. The topological polar surface area (TPSA) is 46.5 Å². The van der Waals surface area contributed by atoms with Crippen LogP contribution in [0.2, 0.25) is 0 Å². The van der Waals surface area contributed by atoms with Crippen LogP contribution in [0.15, 0.2) is 54.6 Å². The number of hydrogen-bond donors (Lipinski definition) is 1. The number of carbonyl (C=O) groups is 1. The van der Waals surface area contributed by atoms with E-state index in [4.69, 9.17) is 9.84 Å². The highest BCUT2D eigenvalue weighted by molar-refractivity contribution is 5.89. The Hall–Kier alpha value is -2.13. The van der Waals surface area contributed by atoms with Crippen LogP contribution in [0.5, 0.6) is 0 Å². The quantitative estimate of drug-likeness (QED) is 0.867. The molecule has 0 amide bonds. The van der Waals surface area contributed by atoms with Crippen LogP contribution in [0, 0.1) is 0 Å². The van der Waals surface area contributed by atoms with Gasteiger partial charge in [-0.15, -0.1) is 0 Å². The zero-order valence-corrected chi connectivity index (χ0v) is 11.7. The van der Waals surface area contributed by atoms with Crippen LogP contribution in [0.3, 0.4) is 0 Å². The van der Waals surface area contributed by atoms with E-state index in [-0.39, 0.29) is 12.6 Å². The number of rotatable bonds is 4. The van der Waals surface area contributed by atoms with E-state index in [2.05, 4.69) is 0 Å². The predicted molar refractivity (Wildman–Crippen MR) is 77.2 cm³/mol. The van der Waals surface area contributed by atoms with E-state index >= 15 is 0 Å². The fraction of sp³-hybridized carbons (Fsp3) is 0.235. The van der Waals surface area contributed by atoms with Crippen molar-refractivity contribution in [1.29, 1.82) is 0 Å². The first kappa shape index (κ1) is 14.3. The molecule has 0 atom stereocenters. The van der Waals surface area contributed by atoms with Crippen molar-refractivity contribution in [3.05, 3.63) is 71.3 Å². The third-order valence-electron chi connectivity index (χ3n) is 3.19. The van der Waals surface area contributed by atoms with E-state index in [0.717, 1.165) is 11.1 Å². The minimum atomic E-state index is -0.721. The van der Waals surface area contributed by atoms with Crippen molar-refractivity contribution in [3.8, 4) is 0 Å². The predicted octanol–water partition coefficient (Wildman–Crippen LogP) is 3.27. The highest BCUT2D eigenvalue weighted by Crippen LogP contribution is 2.26. The lowest BCUT2D eigenvalue weighted by atomic mass is 9.97. The number of aliphatic hydroxyl groups excluding tert-OH is 1. The Balaban J connectivity index is 2.15. The monoisotopic (exact) mass is 270 g/mol. The van der Waals surface area contributed by atoms with Gasteiger partial charge in [-0.3, -0.25) is 0 Å². The molecule has 0 saturated heterocycles. The van der Waals surface area contributed by atoms with E-state index in [1.807, 2.05) is 44.2 Å². The van der Waals surface area contributed by atoms with Gasteiger partial charge in [0.15, 0.2) is 0 Å². The van der Waals surface area contributed by atoms with Crippen LogP contribution in [-0.4, -0.2) is 11.1 Å². The van der Waals surface area contributed by atoms with E-state index in [0.29, 0.717) is 5.56 Å². The lowest BCUT2D eigenvalue weighted by Gasteiger charge is -2.26. The zero-order chi connectivity index (χ0) is 14.6. The molecule has 0 aliphatic rings. The van der Waals surface area contributed by atoms with Gasteiger partial charge in [-0.1, -0.05) is 42.5 Å². The van der Waals surface area contributed by atoms with Gasteiger partial charge in [-0.2, -0.15) is 0 Å². The molecule has 1 N–H and O–H groups in total. The van der Waals surface area contributed by atoms with Crippen LogP contribution in [-0.2, 0) is 16.9 Å². The van der Waals surface area contributed by atoms with Gasteiger partial charge in [-0.25, -0.2) is 4.79 Å². The fourth-order valence-electron chi connectivity index (χ4n) is 1.94. The van der Waals surface area contributed by atoms with Crippen molar-refractivity contribution in [1.82, 2.24) is 0 Å². The first-order chi connectivity index (χ1) is 9.53. The summed E-state index contributed by atoms with van der Waals surface area (Å²) in [6.07, 6.45) is 0. The number of hydrogen-bond acceptors (Lipinski definition) is 3. The van der Waals surface area contributed by atoms with E-state index in [1.165, 1.54) is 0 Å². The number of ether oxygens (including phenoxy) is 1. The molecule has 0 bridgehead atoms. The third-order valence-corrected chi connectivity index (χ3v) is 3.19. The van der Waals surface area contributed by atoms with Gasteiger partial charge in [0.2, 0.25) is 0 Å². The second-order valence-corrected chi connectivity index (χ2v) is 5.12. The molecule has 2 rings (SSSR count). The van der Waals surface area contributed by atoms with Gasteiger partial charge in [0.25, 0.3) is 0 Å². The lowest BCUT2D eigenvalue weighted by Crippen LogP contribution is -2.25. The van der Waals surface area contributed by atoms with Crippen molar-refractivity contribution in [2.75, 3.05) is 0 Å². The number of aliphatic hydroxyl groups is 1. The molecule has 2 aromatic carbocycles. The third kappa shape index (κ3) is 3.25. The molecule has 104 valence electrons. The Morgan fingerprint density at radius 3 is 2.20 bits per heavy atom. The largest absolute Gasteiger partial charge is 0.451 e. The highest BCUT2D eigenvalue weighted by atomic mass is 16.6. The molecule has 0 spiro atoms. The van der Waals surface area contributed by atoms with E-state index < -0.39 is 5.60 Å². The highest BCUT2D eigenvalue weighted by Gasteiger charge is 2.25. The first-order valence-corrected chi connectivity index (χ1v) is 6.51. The molecule has 0 unspecified atom stereocenters. The minimum Gasteiger partial charge on any atom is -0.451 e. The number of benzene rings is 2. The van der Waals surface area contributed by atoms with Crippen LogP contribution in [0.4, 0.5) is 0 Å². The molecule has 0 fully saturated rings. The SMILES string of the molecule is CC(C)(OC(=O)c1ccccc1)c1ccc(CO)cc1. The Labute approximate surface area is 118 Å². The smallest absolute Gasteiger partial charge is 0.338 e. The molecule has 0 heterocycles. The number of carbonyl (C=O) groups excluding carboxylic acids is 1. The van der Waals surface area contributed by atoms with Crippen molar-refractivity contribution in [2.24, 2.45) is 0 Å². The Bertz CT molecular complexity index is 571. The van der Waals surface area contributed by atoms with Crippen molar-refractivity contribution >= 4 is 5.97 Å². The lowest BCUT2D eigenvalue weighted by molar-refractivity contribution is -0.00314. The fourth-order valence-corrected chi connectivity index (χ4v) is 1.94. The molecule has 0 saturated carbocycles. The van der Waals surface area contributed by atoms with Crippen LogP contribution in [0.25, 0.3) is 0 Å². The Kier molecular flexibility index (Phi) is 4.20. The summed E-state index contributed by atoms with van der Waals surface area (Å²) in [4.78, 5) is 12.1. The molecule has 20 heavy (non-hydrogen) atoms. The summed E-state index contributed by atoms with van der Waals surface area (Å²) in [5, 5.41) is 9.04. The maximum atomic E-state index is 12.1. The first-order valence-electron chi connectivity index (χ1n) is 6.51. The summed E-state index contributed by atoms with van der Waals surface area (Å²) in [7, 11) is 0. The molecular formula is C17H18O3. The van der Waals surface area contributed by atoms with Gasteiger partial charge in [-0.05, 0) is 37.1 Å². The van der Waals surface area contributed by atoms with Gasteiger partial charge in [0.1, 0.15) is 5.60 Å². The maximum absolute atomic E-state index is 12.1. The van der Waals surface area contributed by atoms with Crippen molar-refractivity contribution in [2.45, 2.75) is 26.1 Å². The molecule has 2 aromatic rings. The Morgan fingerprint density at radius 2 is 1.65 bits per heavy atom. The molecule has 0 aromatic heterocycles. The molecule has 0 radical (unpaired) electrons. The normalized spacial score (nSPS) is 11.2. The van der Waals surface area contributed by atoms with Gasteiger partial charge < -0.3 is 9.84 Å². The summed E-state index contributed by atoms with van der Waals surface area (Å²) in [6, 6.07) is 16.3. The second-order valence-electron chi connectivity index (χ2n) is 5.12. The van der Waals surface area contributed by atoms with Gasteiger partial charge in [0, 0.05) is 0 Å². The molecule has 0 aliphatic carbocycles. The van der Waals surface area contributed by atoms with Crippen LogP contribution >= 0.6 is 0 Å². The molecular weight excluding hydrogens is 252 g/mol. The summed E-state index contributed by atoms with van der Waals surface area (Å²) >= 11 is 0. The summed E-state index contributed by atoms with van der Waals surface area (Å²) in [6.45, 7) is 3.70. The van der Waals surface area contributed by atoms with E-state index in [9.17, 15) is 4.79 Å². The van der Waals surface area contributed by atoms with Crippen molar-refractivity contribution < 1.29 is 14.6 Å². The molecule has 3 nitrogen and oxygen atoms in total. The standard InChI is InChI=1S/C17H18O3/c1-17(2,15-10-8-13(12-18)9-11-15)20-16(19)14-6-4-3-5-7-14/h3-11,18H,12H2,1-2H3. The van der Waals surface area contributed by atoms with Crippen molar-refractivity contribution in [3.63, 3.8) is 0 Å². The number of esters is 1. The van der Waals surface area contributed by atoms with Crippen LogP contribution in [0.1, 0.15) is 35.3 Å². The average Bonchev–Trinajstić information content (AvgIpc) is 2.48. The summed E-state index contributed by atoms with van der Waals surface area (Å²) < 4.78 is 5.58. The minimum absolute atomic E-state index is 0.00448. The molecule has 0 aliphatic heterocycles. The van der Waals surface area contributed by atoms with Crippen LogP contribution < -0.4 is 0 Å². The van der Waals surface area contributed by atoms with Gasteiger partial charge >= 0.3 is 5.97 Å². The van der Waals surface area contributed by atoms with Gasteiger partial charge in [0.05, 0.1) is 12.2 Å². The summed E-state index contributed by atoms with van der Waals surface area (Å²) in [5.41, 5.74) is 1.53. The summed E-state index contributed by atoms with van der Waals surface area (Å²) in [5.74, 6) is -0.346. The second kappa shape index (κ2) is 5.88. The zero-order valence-electron chi connectivity index (χ0n) is 11.7.